The van der Waals surface area contributed by atoms with Crippen molar-refractivity contribution in [2.45, 2.75) is 6.10 Å². The Morgan fingerprint density at radius 1 is 1.15 bits per heavy atom. The van der Waals surface area contributed by atoms with Crippen LogP contribution in [0.25, 0.3) is 5.69 Å². The molecule has 5 nitrogen and oxygen atoms in total. The highest BCUT2D eigenvalue weighted by Crippen LogP contribution is 2.21. The first-order chi connectivity index (χ1) is 12.9. The fourth-order valence-electron chi connectivity index (χ4n) is 2.44. The van der Waals surface area contributed by atoms with E-state index in [9.17, 15) is 23.1 Å². The van der Waals surface area contributed by atoms with E-state index in [1.54, 1.807) is 6.07 Å². The van der Waals surface area contributed by atoms with E-state index in [0.29, 0.717) is 10.7 Å². The van der Waals surface area contributed by atoms with E-state index in [-0.39, 0.29) is 28.5 Å². The van der Waals surface area contributed by atoms with Crippen molar-refractivity contribution in [2.24, 2.45) is 0 Å². The maximum atomic E-state index is 13.9. The van der Waals surface area contributed by atoms with Gasteiger partial charge in [0.2, 0.25) is 0 Å². The summed E-state index contributed by atoms with van der Waals surface area (Å²) in [5.74, 6) is -2.34. The highest BCUT2D eigenvalue weighted by Gasteiger charge is 2.16. The number of aromatic nitrogens is 2. The van der Waals surface area contributed by atoms with E-state index in [1.165, 1.54) is 18.2 Å². The fraction of sp³-hybridized carbons (Fsp3) is 0.111. The summed E-state index contributed by atoms with van der Waals surface area (Å²) in [4.78, 5) is 12.3. The van der Waals surface area contributed by atoms with Crippen molar-refractivity contribution in [3.05, 3.63) is 87.1 Å². The van der Waals surface area contributed by atoms with Crippen molar-refractivity contribution in [1.29, 1.82) is 0 Å². The topological polar surface area (TPSA) is 67.2 Å². The Kier molecular flexibility index (Phi) is 5.48. The van der Waals surface area contributed by atoms with Crippen LogP contribution in [-0.4, -0.2) is 21.4 Å². The molecule has 9 heteroatoms. The molecule has 0 radical (unpaired) electrons. The minimum Gasteiger partial charge on any atom is -0.386 e. The number of benzene rings is 2. The number of hydrogen-bond acceptors (Lipinski definition) is 4. The molecule has 0 amide bonds. The van der Waals surface area contributed by atoms with Gasteiger partial charge in [-0.05, 0) is 18.2 Å². The largest absolute Gasteiger partial charge is 0.386 e. The zero-order chi connectivity index (χ0) is 19.6. The Labute approximate surface area is 156 Å². The molecule has 27 heavy (non-hydrogen) atoms. The second kappa shape index (κ2) is 7.81. The van der Waals surface area contributed by atoms with E-state index in [2.05, 4.69) is 10.4 Å². The molecule has 0 bridgehead atoms. The van der Waals surface area contributed by atoms with Gasteiger partial charge in [0.1, 0.15) is 22.3 Å². The Hall–Kier alpha value is -2.84. The summed E-state index contributed by atoms with van der Waals surface area (Å²) in [7, 11) is 0. The van der Waals surface area contributed by atoms with Crippen LogP contribution < -0.4 is 10.9 Å². The molecule has 0 saturated carbocycles. The Morgan fingerprint density at radius 3 is 2.59 bits per heavy atom. The van der Waals surface area contributed by atoms with Crippen LogP contribution in [0, 0.1) is 17.5 Å². The maximum absolute atomic E-state index is 13.9. The summed E-state index contributed by atoms with van der Waals surface area (Å²) in [5.41, 5.74) is -0.944. The molecule has 2 aromatic carbocycles. The molecule has 1 aromatic heterocycles. The first-order valence-electron chi connectivity index (χ1n) is 7.78. The average molecular weight is 396 g/mol. The molecule has 0 saturated heterocycles. The van der Waals surface area contributed by atoms with Gasteiger partial charge in [-0.1, -0.05) is 29.8 Å². The number of hydrogen-bond donors (Lipinski definition) is 2. The summed E-state index contributed by atoms with van der Waals surface area (Å²) in [6, 6.07) is 8.38. The second-order valence-electron chi connectivity index (χ2n) is 5.60. The molecular formula is C18H13ClF3N3O2. The van der Waals surface area contributed by atoms with Crippen LogP contribution in [0.1, 0.15) is 11.7 Å². The van der Waals surface area contributed by atoms with E-state index < -0.39 is 29.1 Å². The first-order valence-corrected chi connectivity index (χ1v) is 8.16. The zero-order valence-corrected chi connectivity index (χ0v) is 14.4. The van der Waals surface area contributed by atoms with E-state index in [1.807, 2.05) is 0 Å². The van der Waals surface area contributed by atoms with Gasteiger partial charge in [-0.2, -0.15) is 9.78 Å². The second-order valence-corrected chi connectivity index (χ2v) is 5.98. The van der Waals surface area contributed by atoms with Gasteiger partial charge in [0.15, 0.2) is 5.82 Å². The number of nitrogens with zero attached hydrogens (tertiary/aromatic N) is 2. The number of halogens is 4. The standard InChI is InChI=1S/C18H13ClF3N3O2/c19-17-14(23-9-16(26)11-3-1-2-4-12(11)21)8-24-25(18(17)27)15-6-5-10(20)7-13(15)22/h1-8,16,23,26H,9H2. The quantitative estimate of drug-likeness (QED) is 0.694. The Bertz CT molecular complexity index is 1040. The number of nitrogens with one attached hydrogen (secondary N) is 1. The molecule has 1 heterocycles. The van der Waals surface area contributed by atoms with Crippen molar-refractivity contribution in [3.63, 3.8) is 0 Å². The van der Waals surface area contributed by atoms with Gasteiger partial charge in [-0.15, -0.1) is 0 Å². The van der Waals surface area contributed by atoms with Crippen molar-refractivity contribution in [2.75, 3.05) is 11.9 Å². The molecule has 0 fully saturated rings. The molecule has 3 aromatic rings. The van der Waals surface area contributed by atoms with Crippen molar-refractivity contribution >= 4 is 17.3 Å². The lowest BCUT2D eigenvalue weighted by atomic mass is 10.1. The van der Waals surface area contributed by atoms with Gasteiger partial charge in [0.25, 0.3) is 5.56 Å². The van der Waals surface area contributed by atoms with Gasteiger partial charge in [-0.3, -0.25) is 4.79 Å². The molecule has 0 spiro atoms. The third-order valence-electron chi connectivity index (χ3n) is 3.81. The van der Waals surface area contributed by atoms with Crippen LogP contribution in [0.4, 0.5) is 18.9 Å². The Morgan fingerprint density at radius 2 is 1.89 bits per heavy atom. The molecule has 140 valence electrons. The first kappa shape index (κ1) is 18.9. The number of anilines is 1. The number of aliphatic hydroxyl groups is 1. The van der Waals surface area contributed by atoms with Crippen LogP contribution in [-0.2, 0) is 0 Å². The average Bonchev–Trinajstić information content (AvgIpc) is 2.64. The van der Waals surface area contributed by atoms with Gasteiger partial charge < -0.3 is 10.4 Å². The van der Waals surface area contributed by atoms with Crippen molar-refractivity contribution < 1.29 is 18.3 Å². The van der Waals surface area contributed by atoms with Crippen molar-refractivity contribution in [1.82, 2.24) is 9.78 Å². The van der Waals surface area contributed by atoms with E-state index >= 15 is 0 Å². The van der Waals surface area contributed by atoms with Crippen LogP contribution in [0.3, 0.4) is 0 Å². The Balaban J connectivity index is 1.83. The summed E-state index contributed by atoms with van der Waals surface area (Å²) < 4.78 is 41.2. The third kappa shape index (κ3) is 3.96. The lowest BCUT2D eigenvalue weighted by Gasteiger charge is -2.15. The van der Waals surface area contributed by atoms with Crippen LogP contribution in [0.2, 0.25) is 5.02 Å². The van der Waals surface area contributed by atoms with Gasteiger partial charge in [-0.25, -0.2) is 13.2 Å². The minimum absolute atomic E-state index is 0.0795. The summed E-state index contributed by atoms with van der Waals surface area (Å²) in [5, 5.41) is 16.3. The molecule has 2 N–H and O–H groups in total. The maximum Gasteiger partial charge on any atom is 0.292 e. The summed E-state index contributed by atoms with van der Waals surface area (Å²) in [6.07, 6.45) is -0.0418. The highest BCUT2D eigenvalue weighted by molar-refractivity contribution is 6.32. The lowest BCUT2D eigenvalue weighted by Crippen LogP contribution is -2.24. The monoisotopic (exact) mass is 395 g/mol. The third-order valence-corrected chi connectivity index (χ3v) is 4.17. The zero-order valence-electron chi connectivity index (χ0n) is 13.7. The van der Waals surface area contributed by atoms with Gasteiger partial charge in [0.05, 0.1) is 18.0 Å². The van der Waals surface area contributed by atoms with Gasteiger partial charge >= 0.3 is 0 Å². The van der Waals surface area contributed by atoms with Crippen LogP contribution >= 0.6 is 11.6 Å². The SMILES string of the molecule is O=c1c(Cl)c(NCC(O)c2ccccc2F)cnn1-c1ccc(F)cc1F. The van der Waals surface area contributed by atoms with Crippen molar-refractivity contribution in [3.8, 4) is 5.69 Å². The molecule has 0 aliphatic heterocycles. The minimum atomic E-state index is -1.20. The normalized spacial score (nSPS) is 12.0. The molecule has 3 rings (SSSR count). The van der Waals surface area contributed by atoms with E-state index in [0.717, 1.165) is 18.3 Å². The molecule has 0 aliphatic rings. The molecule has 1 unspecified atom stereocenters. The summed E-state index contributed by atoms with van der Waals surface area (Å²) >= 11 is 6.00. The van der Waals surface area contributed by atoms with Gasteiger partial charge in [0, 0.05) is 18.2 Å². The molecule has 1 atom stereocenters. The number of rotatable bonds is 5. The lowest BCUT2D eigenvalue weighted by molar-refractivity contribution is 0.186. The van der Waals surface area contributed by atoms with E-state index in [4.69, 9.17) is 11.6 Å². The molecular weight excluding hydrogens is 383 g/mol. The summed E-state index contributed by atoms with van der Waals surface area (Å²) in [6.45, 7) is -0.142. The highest BCUT2D eigenvalue weighted by atomic mass is 35.5. The fourth-order valence-corrected chi connectivity index (χ4v) is 2.64. The smallest absolute Gasteiger partial charge is 0.292 e. The molecule has 0 aliphatic carbocycles. The number of aliphatic hydroxyl groups excluding tert-OH is 1. The predicted octanol–water partition coefficient (Wildman–Crippen LogP) is 3.45. The van der Waals surface area contributed by atoms with Crippen LogP contribution in [0.15, 0.2) is 53.5 Å². The van der Waals surface area contributed by atoms with Crippen LogP contribution in [0.5, 0.6) is 0 Å². The predicted molar refractivity (Wildman–Crippen MR) is 94.6 cm³/mol.